The van der Waals surface area contributed by atoms with Gasteiger partial charge in [0, 0.05) is 19.7 Å². The van der Waals surface area contributed by atoms with E-state index in [-0.39, 0.29) is 25.3 Å². The van der Waals surface area contributed by atoms with E-state index in [1.165, 1.54) is 19.3 Å². The van der Waals surface area contributed by atoms with Crippen LogP contribution in [0, 0.1) is 0 Å². The van der Waals surface area contributed by atoms with Crippen molar-refractivity contribution in [3.63, 3.8) is 0 Å². The van der Waals surface area contributed by atoms with Gasteiger partial charge in [0.1, 0.15) is 12.4 Å². The Morgan fingerprint density at radius 2 is 1.93 bits per heavy atom. The highest BCUT2D eigenvalue weighted by Crippen LogP contribution is 2.23. The number of nitrogens with one attached hydrogen (secondary N) is 2. The number of rotatable bonds is 9. The summed E-state index contributed by atoms with van der Waals surface area (Å²) in [6, 6.07) is 7.26. The van der Waals surface area contributed by atoms with E-state index in [4.69, 9.17) is 4.74 Å². The number of amides is 2. The Morgan fingerprint density at radius 1 is 1.15 bits per heavy atom. The molecule has 0 radical (unpaired) electrons. The van der Waals surface area contributed by atoms with Gasteiger partial charge in [-0.1, -0.05) is 18.6 Å². The van der Waals surface area contributed by atoms with E-state index < -0.39 is 12.8 Å². The molecule has 0 bridgehead atoms. The smallest absolute Gasteiger partial charge is 0.411 e. The van der Waals surface area contributed by atoms with Crippen molar-refractivity contribution in [1.82, 2.24) is 10.6 Å². The average Bonchev–Trinajstić information content (AvgIpc) is 2.63. The summed E-state index contributed by atoms with van der Waals surface area (Å²) in [7, 11) is 0. The van der Waals surface area contributed by atoms with E-state index in [2.05, 4.69) is 15.4 Å². The highest BCUT2D eigenvalue weighted by molar-refractivity contribution is 5.73. The lowest BCUT2D eigenvalue weighted by molar-refractivity contribution is -0.173. The molecule has 2 amide bonds. The van der Waals surface area contributed by atoms with Crippen molar-refractivity contribution in [2.45, 2.75) is 57.3 Å². The van der Waals surface area contributed by atoms with Crippen molar-refractivity contribution in [2.24, 2.45) is 0 Å². The predicted octanol–water partition coefficient (Wildman–Crippen LogP) is 4.17. The van der Waals surface area contributed by atoms with E-state index in [1.54, 1.807) is 0 Å². The highest BCUT2D eigenvalue weighted by Gasteiger charge is 2.27. The number of carbonyl (C=O) groups excluding carboxylic acids is 1. The molecular weight excluding hydrogens is 361 g/mol. The molecule has 27 heavy (non-hydrogen) atoms. The lowest BCUT2D eigenvalue weighted by atomic mass is 9.98. The average molecular weight is 388 g/mol. The van der Waals surface area contributed by atoms with Crippen LogP contribution in [0.4, 0.5) is 18.0 Å². The number of alkyl halides is 3. The van der Waals surface area contributed by atoms with E-state index in [1.807, 2.05) is 24.3 Å². The molecule has 5 nitrogen and oxygen atoms in total. The van der Waals surface area contributed by atoms with Crippen LogP contribution >= 0.6 is 0 Å². The third-order valence-corrected chi connectivity index (χ3v) is 4.22. The monoisotopic (exact) mass is 388 g/mol. The summed E-state index contributed by atoms with van der Waals surface area (Å²) in [5.74, 6) is 0.809. The lowest BCUT2D eigenvalue weighted by Gasteiger charge is -2.23. The summed E-state index contributed by atoms with van der Waals surface area (Å²) in [6.45, 7) is -0.731. The summed E-state index contributed by atoms with van der Waals surface area (Å²) in [5.41, 5.74) is 0.923. The molecule has 1 fully saturated rings. The number of urea groups is 1. The SMILES string of the molecule is O=C(NCCCOCC(F)(F)F)NCc1cccc(OC2CCCCC2)c1. The molecule has 8 heteroatoms. The minimum atomic E-state index is -4.32. The van der Waals surface area contributed by atoms with Gasteiger partial charge in [-0.15, -0.1) is 0 Å². The van der Waals surface area contributed by atoms with Crippen LogP contribution in [0.5, 0.6) is 5.75 Å². The number of hydrogen-bond acceptors (Lipinski definition) is 3. The second-order valence-electron chi connectivity index (χ2n) is 6.66. The van der Waals surface area contributed by atoms with Crippen LogP contribution in [0.15, 0.2) is 24.3 Å². The molecule has 0 aromatic heterocycles. The van der Waals surface area contributed by atoms with E-state index in [0.717, 1.165) is 24.2 Å². The topological polar surface area (TPSA) is 59.6 Å². The van der Waals surface area contributed by atoms with Gasteiger partial charge < -0.3 is 20.1 Å². The van der Waals surface area contributed by atoms with E-state index in [9.17, 15) is 18.0 Å². The maximum absolute atomic E-state index is 11.9. The molecule has 1 aromatic carbocycles. The van der Waals surface area contributed by atoms with Gasteiger partial charge >= 0.3 is 12.2 Å². The summed E-state index contributed by atoms with van der Waals surface area (Å²) in [4.78, 5) is 11.7. The van der Waals surface area contributed by atoms with Crippen LogP contribution in [0.25, 0.3) is 0 Å². The fraction of sp³-hybridized carbons (Fsp3) is 0.632. The molecule has 0 saturated heterocycles. The van der Waals surface area contributed by atoms with E-state index >= 15 is 0 Å². The molecule has 2 N–H and O–H groups in total. The standard InChI is InChI=1S/C19H27F3N2O3/c20-19(21,22)14-26-11-5-10-23-18(25)24-13-15-6-4-9-17(12-15)27-16-7-2-1-3-8-16/h4,6,9,12,16H,1-3,5,7-8,10-11,13-14H2,(H2,23,24,25). The zero-order valence-corrected chi connectivity index (χ0v) is 15.3. The second-order valence-corrected chi connectivity index (χ2v) is 6.66. The van der Waals surface area contributed by atoms with Crippen LogP contribution in [0.3, 0.4) is 0 Å². The third kappa shape index (κ3) is 9.51. The summed E-state index contributed by atoms with van der Waals surface area (Å²) < 4.78 is 46.2. The minimum absolute atomic E-state index is 0.0552. The lowest BCUT2D eigenvalue weighted by Crippen LogP contribution is -2.36. The van der Waals surface area contributed by atoms with Crippen molar-refractivity contribution < 1.29 is 27.4 Å². The third-order valence-electron chi connectivity index (χ3n) is 4.22. The Labute approximate surface area is 157 Å². The molecule has 152 valence electrons. The molecule has 1 aromatic rings. The number of ether oxygens (including phenoxy) is 2. The Hall–Kier alpha value is -1.96. The first kappa shape index (κ1) is 21.3. The fourth-order valence-corrected chi connectivity index (χ4v) is 2.91. The molecule has 0 aliphatic heterocycles. The van der Waals surface area contributed by atoms with Gasteiger partial charge in [-0.3, -0.25) is 0 Å². The zero-order valence-electron chi connectivity index (χ0n) is 15.3. The number of benzene rings is 1. The summed E-state index contributed by atoms with van der Waals surface area (Å²) in [5, 5.41) is 5.31. The largest absolute Gasteiger partial charge is 0.490 e. The molecule has 0 spiro atoms. The Kier molecular flexibility index (Phi) is 8.71. The molecule has 1 aliphatic rings. The molecule has 2 rings (SSSR count). The molecular formula is C19H27F3N2O3. The quantitative estimate of drug-likeness (QED) is 0.625. The van der Waals surface area contributed by atoms with Crippen molar-refractivity contribution in [3.8, 4) is 5.75 Å². The minimum Gasteiger partial charge on any atom is -0.490 e. The van der Waals surface area contributed by atoms with Gasteiger partial charge in [0.15, 0.2) is 0 Å². The van der Waals surface area contributed by atoms with Gasteiger partial charge in [-0.25, -0.2) is 4.79 Å². The first-order chi connectivity index (χ1) is 12.9. The highest BCUT2D eigenvalue weighted by atomic mass is 19.4. The van der Waals surface area contributed by atoms with Crippen molar-refractivity contribution in [3.05, 3.63) is 29.8 Å². The first-order valence-electron chi connectivity index (χ1n) is 9.34. The molecule has 0 heterocycles. The maximum atomic E-state index is 11.9. The molecule has 0 unspecified atom stereocenters. The first-order valence-corrected chi connectivity index (χ1v) is 9.34. The summed E-state index contributed by atoms with van der Waals surface area (Å²) >= 11 is 0. The van der Waals surface area contributed by atoms with Gasteiger partial charge in [-0.05, 0) is 49.8 Å². The number of carbonyl (C=O) groups is 1. The Morgan fingerprint density at radius 3 is 2.67 bits per heavy atom. The van der Waals surface area contributed by atoms with Crippen molar-refractivity contribution in [2.75, 3.05) is 19.8 Å². The molecule has 0 atom stereocenters. The van der Waals surface area contributed by atoms with Crippen molar-refractivity contribution in [1.29, 1.82) is 0 Å². The normalized spacial score (nSPS) is 15.4. The Bertz CT molecular complexity index is 576. The fourth-order valence-electron chi connectivity index (χ4n) is 2.91. The van der Waals surface area contributed by atoms with Crippen LogP contribution < -0.4 is 15.4 Å². The summed E-state index contributed by atoms with van der Waals surface area (Å²) in [6.07, 6.45) is 2.10. The van der Waals surface area contributed by atoms with Gasteiger partial charge in [0.05, 0.1) is 6.10 Å². The molecule has 1 saturated carbocycles. The second kappa shape index (κ2) is 11.0. The number of hydrogen-bond donors (Lipinski definition) is 2. The van der Waals surface area contributed by atoms with Crippen LogP contribution in [0.2, 0.25) is 0 Å². The van der Waals surface area contributed by atoms with Crippen LogP contribution in [-0.4, -0.2) is 38.1 Å². The van der Waals surface area contributed by atoms with Gasteiger partial charge in [0.25, 0.3) is 0 Å². The predicted molar refractivity (Wildman–Crippen MR) is 95.7 cm³/mol. The maximum Gasteiger partial charge on any atom is 0.411 e. The van der Waals surface area contributed by atoms with Gasteiger partial charge in [0.2, 0.25) is 0 Å². The number of halogens is 3. The van der Waals surface area contributed by atoms with Gasteiger partial charge in [-0.2, -0.15) is 13.2 Å². The van der Waals surface area contributed by atoms with Crippen LogP contribution in [0.1, 0.15) is 44.1 Å². The van der Waals surface area contributed by atoms with Crippen LogP contribution in [-0.2, 0) is 11.3 Å². The van der Waals surface area contributed by atoms with E-state index in [0.29, 0.717) is 13.0 Å². The van der Waals surface area contributed by atoms with Crippen molar-refractivity contribution >= 4 is 6.03 Å². The molecule has 1 aliphatic carbocycles. The zero-order chi connectivity index (χ0) is 19.5. The Balaban J connectivity index is 1.61.